The molecule has 0 unspecified atom stereocenters. The Bertz CT molecular complexity index is 109. The van der Waals surface area contributed by atoms with E-state index in [0.717, 1.165) is 19.4 Å². The summed E-state index contributed by atoms with van der Waals surface area (Å²) in [6, 6.07) is 0. The molecule has 1 rings (SSSR count). The van der Waals surface area contributed by atoms with Crippen molar-refractivity contribution in [3.05, 3.63) is 6.92 Å². The van der Waals surface area contributed by atoms with Crippen LogP contribution in [0.25, 0.3) is 0 Å². The van der Waals surface area contributed by atoms with Crippen molar-refractivity contribution in [3.63, 3.8) is 0 Å². The Morgan fingerprint density at radius 1 is 1.73 bits per heavy atom. The molecule has 2 atom stereocenters. The molecular formula is C8H15LiO2. The summed E-state index contributed by atoms with van der Waals surface area (Å²) in [5, 5.41) is 9.64. The van der Waals surface area contributed by atoms with Crippen LogP contribution in [0.5, 0.6) is 0 Å². The predicted molar refractivity (Wildman–Crippen MR) is 39.6 cm³/mol. The van der Waals surface area contributed by atoms with Crippen LogP contribution in [0.4, 0.5) is 0 Å². The molecule has 1 heterocycles. The molecule has 11 heavy (non-hydrogen) atoms. The molecule has 0 aromatic rings. The van der Waals surface area contributed by atoms with Crippen molar-refractivity contribution in [1.82, 2.24) is 0 Å². The molecular weight excluding hydrogens is 135 g/mol. The van der Waals surface area contributed by atoms with Crippen molar-refractivity contribution < 1.29 is 28.7 Å². The first-order chi connectivity index (χ1) is 4.67. The van der Waals surface area contributed by atoms with Gasteiger partial charge in [0.2, 0.25) is 0 Å². The van der Waals surface area contributed by atoms with E-state index in [-0.39, 0.29) is 25.0 Å². The van der Waals surface area contributed by atoms with Gasteiger partial charge in [-0.15, -0.1) is 0 Å². The van der Waals surface area contributed by atoms with E-state index in [1.807, 2.05) is 0 Å². The number of ether oxygens (including phenoxy) is 1. The summed E-state index contributed by atoms with van der Waals surface area (Å²) in [6.07, 6.45) is 2.59. The van der Waals surface area contributed by atoms with Crippen LogP contribution < -0.4 is 18.9 Å². The van der Waals surface area contributed by atoms with Gasteiger partial charge in [-0.3, -0.25) is 0 Å². The Morgan fingerprint density at radius 2 is 2.36 bits per heavy atom. The second-order valence-electron chi connectivity index (χ2n) is 3.11. The van der Waals surface area contributed by atoms with Crippen molar-refractivity contribution in [2.24, 2.45) is 0 Å². The minimum absolute atomic E-state index is 0. The maximum absolute atomic E-state index is 9.64. The van der Waals surface area contributed by atoms with E-state index < -0.39 is 5.60 Å². The normalized spacial score (nSPS) is 29.2. The van der Waals surface area contributed by atoms with Crippen LogP contribution in [0.2, 0.25) is 0 Å². The van der Waals surface area contributed by atoms with Gasteiger partial charge < -0.3 is 16.8 Å². The van der Waals surface area contributed by atoms with Crippen LogP contribution in [0.15, 0.2) is 0 Å². The summed E-state index contributed by atoms with van der Waals surface area (Å²) in [5.74, 6) is 0. The molecule has 0 spiro atoms. The maximum atomic E-state index is 9.64. The minimum Gasteiger partial charge on any atom is -0.390 e. The van der Waals surface area contributed by atoms with Crippen LogP contribution in [0, 0.1) is 6.92 Å². The molecule has 1 aliphatic heterocycles. The van der Waals surface area contributed by atoms with Gasteiger partial charge in [0.25, 0.3) is 0 Å². The van der Waals surface area contributed by atoms with E-state index in [0.29, 0.717) is 6.42 Å². The van der Waals surface area contributed by atoms with Crippen molar-refractivity contribution in [1.29, 1.82) is 0 Å². The van der Waals surface area contributed by atoms with E-state index >= 15 is 0 Å². The molecule has 0 amide bonds. The van der Waals surface area contributed by atoms with E-state index in [2.05, 4.69) is 6.92 Å². The zero-order chi connectivity index (χ0) is 7.61. The summed E-state index contributed by atoms with van der Waals surface area (Å²) in [7, 11) is 0. The second kappa shape index (κ2) is 4.52. The first-order valence-corrected chi connectivity index (χ1v) is 3.80. The molecule has 1 fully saturated rings. The SMILES string of the molecule is [CH2-]C[C@@](C)(O)[C@H]1CCCO1.[Li+]. The summed E-state index contributed by atoms with van der Waals surface area (Å²) in [5.41, 5.74) is -0.712. The summed E-state index contributed by atoms with van der Waals surface area (Å²) in [4.78, 5) is 0. The third-order valence-electron chi connectivity index (χ3n) is 2.13. The molecule has 1 N–H and O–H groups in total. The van der Waals surface area contributed by atoms with Crippen LogP contribution in [-0.2, 0) is 4.74 Å². The molecule has 0 radical (unpaired) electrons. The first kappa shape index (κ1) is 11.5. The summed E-state index contributed by atoms with van der Waals surface area (Å²) >= 11 is 0. The zero-order valence-corrected chi connectivity index (χ0v) is 7.47. The van der Waals surface area contributed by atoms with Crippen molar-refractivity contribution in [2.45, 2.75) is 37.9 Å². The first-order valence-electron chi connectivity index (χ1n) is 3.80. The van der Waals surface area contributed by atoms with Gasteiger partial charge in [-0.2, -0.15) is 6.42 Å². The van der Waals surface area contributed by atoms with Gasteiger partial charge in [-0.1, -0.05) is 0 Å². The molecule has 1 aliphatic rings. The van der Waals surface area contributed by atoms with Crippen molar-refractivity contribution in [2.75, 3.05) is 6.61 Å². The van der Waals surface area contributed by atoms with Crippen LogP contribution >= 0.6 is 0 Å². The van der Waals surface area contributed by atoms with Gasteiger partial charge in [-0.25, -0.2) is 0 Å². The smallest absolute Gasteiger partial charge is 0.390 e. The second-order valence-corrected chi connectivity index (χ2v) is 3.11. The summed E-state index contributed by atoms with van der Waals surface area (Å²) in [6.45, 7) is 6.25. The Morgan fingerprint density at radius 3 is 2.73 bits per heavy atom. The third kappa shape index (κ3) is 2.80. The van der Waals surface area contributed by atoms with Crippen molar-refractivity contribution >= 4 is 0 Å². The van der Waals surface area contributed by atoms with E-state index in [4.69, 9.17) is 4.74 Å². The van der Waals surface area contributed by atoms with Crippen LogP contribution in [-0.4, -0.2) is 23.4 Å². The van der Waals surface area contributed by atoms with Crippen LogP contribution in [0.1, 0.15) is 26.2 Å². The Balaban J connectivity index is 0.000001000. The zero-order valence-electron chi connectivity index (χ0n) is 7.47. The number of hydrogen-bond acceptors (Lipinski definition) is 2. The average Bonchev–Trinajstić information content (AvgIpc) is 2.38. The number of aliphatic hydroxyl groups is 1. The van der Waals surface area contributed by atoms with Gasteiger partial charge >= 0.3 is 18.9 Å². The Kier molecular flexibility index (Phi) is 4.73. The Labute approximate surface area is 80.5 Å². The fraction of sp³-hybridized carbons (Fsp3) is 0.875. The molecule has 3 heteroatoms. The minimum atomic E-state index is -0.712. The topological polar surface area (TPSA) is 29.5 Å². The fourth-order valence-corrected chi connectivity index (χ4v) is 1.23. The third-order valence-corrected chi connectivity index (χ3v) is 2.13. The quantitative estimate of drug-likeness (QED) is 0.369. The molecule has 0 saturated carbocycles. The molecule has 0 bridgehead atoms. The predicted octanol–water partition coefficient (Wildman–Crippen LogP) is -1.86. The average molecular weight is 150 g/mol. The largest absolute Gasteiger partial charge is 1.00 e. The molecule has 0 aromatic heterocycles. The van der Waals surface area contributed by atoms with E-state index in [1.165, 1.54) is 0 Å². The van der Waals surface area contributed by atoms with Crippen LogP contribution in [0.3, 0.4) is 0 Å². The van der Waals surface area contributed by atoms with E-state index in [1.54, 1.807) is 6.92 Å². The van der Waals surface area contributed by atoms with E-state index in [9.17, 15) is 5.11 Å². The van der Waals surface area contributed by atoms with Gasteiger partial charge in [0.15, 0.2) is 0 Å². The summed E-state index contributed by atoms with van der Waals surface area (Å²) < 4.78 is 5.32. The maximum Gasteiger partial charge on any atom is 1.00 e. The molecule has 2 nitrogen and oxygen atoms in total. The molecule has 60 valence electrons. The number of rotatable bonds is 2. The van der Waals surface area contributed by atoms with Gasteiger partial charge in [0.1, 0.15) is 0 Å². The Hall–Kier alpha value is 0.517. The monoisotopic (exact) mass is 150 g/mol. The molecule has 0 aromatic carbocycles. The fourth-order valence-electron chi connectivity index (χ4n) is 1.23. The van der Waals surface area contributed by atoms with Gasteiger partial charge in [0.05, 0.1) is 11.7 Å². The van der Waals surface area contributed by atoms with Gasteiger partial charge in [-0.05, 0) is 19.8 Å². The van der Waals surface area contributed by atoms with Crippen molar-refractivity contribution in [3.8, 4) is 0 Å². The van der Waals surface area contributed by atoms with Gasteiger partial charge in [0, 0.05) is 6.61 Å². The number of hydrogen-bond donors (Lipinski definition) is 1. The standard InChI is InChI=1S/C8H15O2.Li/c1-3-8(2,9)7-5-4-6-10-7;/h7,9H,1,3-6H2,2H3;/q-1;+1/t7-,8-;/m1./s1. The molecule has 1 saturated heterocycles. The molecule has 0 aliphatic carbocycles.